The molecular formula is C18H13ClF2N4O4. The second-order valence-corrected chi connectivity index (χ2v) is 6.09. The predicted molar refractivity (Wildman–Crippen MR) is 102 cm³/mol. The van der Waals surface area contributed by atoms with Crippen LogP contribution in [0.4, 0.5) is 20.2 Å². The highest BCUT2D eigenvalue weighted by atomic mass is 35.5. The zero-order chi connectivity index (χ0) is 21.0. The maximum atomic E-state index is 13.5. The molecule has 0 atom stereocenters. The lowest BCUT2D eigenvalue weighted by Crippen LogP contribution is -2.23. The summed E-state index contributed by atoms with van der Waals surface area (Å²) >= 11 is 6.08. The van der Waals surface area contributed by atoms with Gasteiger partial charge in [0, 0.05) is 24.7 Å². The summed E-state index contributed by atoms with van der Waals surface area (Å²) in [6.07, 6.45) is 1.31. The molecule has 0 aliphatic heterocycles. The molecule has 11 heteroatoms. The summed E-state index contributed by atoms with van der Waals surface area (Å²) in [4.78, 5) is 22.6. The van der Waals surface area contributed by atoms with Crippen molar-refractivity contribution in [3.8, 4) is 11.4 Å². The van der Waals surface area contributed by atoms with Gasteiger partial charge in [0.2, 0.25) is 0 Å². The minimum absolute atomic E-state index is 0.0182. The minimum Gasteiger partial charge on any atom is -0.489 e. The molecule has 150 valence electrons. The van der Waals surface area contributed by atoms with Crippen LogP contribution in [-0.4, -0.2) is 27.9 Å². The SMILES string of the molecule is O=c1c(Cl)c(NCCOc2ccc(F)cc2F)cnn1-c1ccc([N+](=O)[O-])cc1. The first-order valence-electron chi connectivity index (χ1n) is 8.21. The van der Waals surface area contributed by atoms with Gasteiger partial charge in [0.1, 0.15) is 17.4 Å². The van der Waals surface area contributed by atoms with Crippen molar-refractivity contribution < 1.29 is 18.4 Å². The largest absolute Gasteiger partial charge is 0.489 e. The van der Waals surface area contributed by atoms with Crippen LogP contribution in [-0.2, 0) is 0 Å². The molecule has 2 aromatic carbocycles. The molecule has 1 aromatic heterocycles. The minimum atomic E-state index is -0.824. The molecule has 0 radical (unpaired) electrons. The summed E-state index contributed by atoms with van der Waals surface area (Å²) in [6, 6.07) is 8.20. The average Bonchev–Trinajstić information content (AvgIpc) is 2.70. The summed E-state index contributed by atoms with van der Waals surface area (Å²) in [7, 11) is 0. The molecule has 0 unspecified atom stereocenters. The zero-order valence-corrected chi connectivity index (χ0v) is 15.4. The third kappa shape index (κ3) is 4.66. The van der Waals surface area contributed by atoms with Crippen molar-refractivity contribution in [2.75, 3.05) is 18.5 Å². The fraction of sp³-hybridized carbons (Fsp3) is 0.111. The number of hydrogen-bond donors (Lipinski definition) is 1. The topological polar surface area (TPSA) is 99.3 Å². The molecule has 1 N–H and O–H groups in total. The highest BCUT2D eigenvalue weighted by Crippen LogP contribution is 2.19. The molecule has 0 saturated heterocycles. The molecule has 0 bridgehead atoms. The number of benzene rings is 2. The van der Waals surface area contributed by atoms with E-state index in [4.69, 9.17) is 16.3 Å². The third-order valence-corrected chi connectivity index (χ3v) is 4.16. The predicted octanol–water partition coefficient (Wildman–Crippen LogP) is 3.56. The van der Waals surface area contributed by atoms with Gasteiger partial charge in [0.05, 0.1) is 22.5 Å². The Morgan fingerprint density at radius 3 is 2.59 bits per heavy atom. The highest BCUT2D eigenvalue weighted by molar-refractivity contribution is 6.32. The van der Waals surface area contributed by atoms with E-state index in [9.17, 15) is 23.7 Å². The quantitative estimate of drug-likeness (QED) is 0.355. The maximum absolute atomic E-state index is 13.5. The lowest BCUT2D eigenvalue weighted by atomic mass is 10.3. The first kappa shape index (κ1) is 20.2. The summed E-state index contributed by atoms with van der Waals surface area (Å²) < 4.78 is 32.6. The molecule has 0 aliphatic rings. The Kier molecular flexibility index (Phi) is 6.03. The number of nitrogens with zero attached hydrogens (tertiary/aromatic N) is 3. The van der Waals surface area contributed by atoms with Crippen LogP contribution in [0.2, 0.25) is 5.02 Å². The highest BCUT2D eigenvalue weighted by Gasteiger charge is 2.12. The molecule has 0 aliphatic carbocycles. The van der Waals surface area contributed by atoms with Crippen molar-refractivity contribution >= 4 is 23.0 Å². The van der Waals surface area contributed by atoms with Crippen LogP contribution in [0.5, 0.6) is 5.75 Å². The summed E-state index contributed by atoms with van der Waals surface area (Å²) in [5.74, 6) is -1.64. The fourth-order valence-corrected chi connectivity index (χ4v) is 2.59. The van der Waals surface area contributed by atoms with E-state index in [-0.39, 0.29) is 35.3 Å². The molecule has 0 fully saturated rings. The van der Waals surface area contributed by atoms with E-state index in [0.717, 1.165) is 10.7 Å². The number of anilines is 1. The number of nitro groups is 1. The fourth-order valence-electron chi connectivity index (χ4n) is 2.39. The molecule has 0 spiro atoms. The Hall–Kier alpha value is -3.53. The van der Waals surface area contributed by atoms with E-state index in [0.29, 0.717) is 11.8 Å². The Bertz CT molecular complexity index is 1110. The first-order valence-corrected chi connectivity index (χ1v) is 8.59. The lowest BCUT2D eigenvalue weighted by Gasteiger charge is -2.11. The molecule has 29 heavy (non-hydrogen) atoms. The lowest BCUT2D eigenvalue weighted by molar-refractivity contribution is -0.384. The number of nitrogens with one attached hydrogen (secondary N) is 1. The van der Waals surface area contributed by atoms with Crippen LogP contribution in [0, 0.1) is 21.7 Å². The van der Waals surface area contributed by atoms with Crippen LogP contribution in [0.3, 0.4) is 0 Å². The average molecular weight is 423 g/mol. The summed E-state index contributed by atoms with van der Waals surface area (Å²) in [6.45, 7) is 0.184. The van der Waals surface area contributed by atoms with Gasteiger partial charge in [-0.05, 0) is 24.3 Å². The van der Waals surface area contributed by atoms with Gasteiger partial charge in [-0.3, -0.25) is 14.9 Å². The molecule has 0 amide bonds. The second kappa shape index (κ2) is 8.65. The number of nitro benzene ring substituents is 1. The Balaban J connectivity index is 1.66. The first-order chi connectivity index (χ1) is 13.9. The molecule has 1 heterocycles. The number of rotatable bonds is 7. The maximum Gasteiger partial charge on any atom is 0.292 e. The van der Waals surface area contributed by atoms with Crippen LogP contribution >= 0.6 is 11.6 Å². The van der Waals surface area contributed by atoms with Crippen molar-refractivity contribution in [2.24, 2.45) is 0 Å². The molecule has 3 rings (SSSR count). The number of aromatic nitrogens is 2. The molecular weight excluding hydrogens is 410 g/mol. The van der Waals surface area contributed by atoms with Crippen LogP contribution < -0.4 is 15.6 Å². The van der Waals surface area contributed by atoms with Crippen molar-refractivity contribution in [2.45, 2.75) is 0 Å². The Morgan fingerprint density at radius 2 is 1.93 bits per heavy atom. The van der Waals surface area contributed by atoms with E-state index >= 15 is 0 Å². The van der Waals surface area contributed by atoms with Gasteiger partial charge in [-0.25, -0.2) is 8.78 Å². The normalized spacial score (nSPS) is 10.6. The van der Waals surface area contributed by atoms with Crippen molar-refractivity contribution in [1.29, 1.82) is 0 Å². The molecule has 3 aromatic rings. The monoisotopic (exact) mass is 422 g/mol. The van der Waals surface area contributed by atoms with Gasteiger partial charge in [0.25, 0.3) is 11.2 Å². The number of halogens is 3. The number of non-ortho nitro benzene ring substituents is 1. The Labute approximate surface area is 167 Å². The van der Waals surface area contributed by atoms with Gasteiger partial charge in [0.15, 0.2) is 11.6 Å². The van der Waals surface area contributed by atoms with Crippen molar-refractivity contribution in [3.05, 3.63) is 85.8 Å². The molecule has 8 nitrogen and oxygen atoms in total. The zero-order valence-electron chi connectivity index (χ0n) is 14.6. The van der Waals surface area contributed by atoms with Gasteiger partial charge < -0.3 is 10.1 Å². The van der Waals surface area contributed by atoms with Crippen LogP contribution in [0.15, 0.2) is 53.5 Å². The molecule has 0 saturated carbocycles. The van der Waals surface area contributed by atoms with E-state index in [1.807, 2.05) is 0 Å². The second-order valence-electron chi connectivity index (χ2n) is 5.71. The van der Waals surface area contributed by atoms with Gasteiger partial charge in [-0.1, -0.05) is 11.6 Å². The van der Waals surface area contributed by atoms with E-state index in [1.165, 1.54) is 36.5 Å². The van der Waals surface area contributed by atoms with Gasteiger partial charge in [-0.2, -0.15) is 9.78 Å². The van der Waals surface area contributed by atoms with E-state index in [1.54, 1.807) is 0 Å². The van der Waals surface area contributed by atoms with Gasteiger partial charge >= 0.3 is 0 Å². The third-order valence-electron chi connectivity index (χ3n) is 3.79. The van der Waals surface area contributed by atoms with Crippen LogP contribution in [0.1, 0.15) is 0 Å². The number of hydrogen-bond acceptors (Lipinski definition) is 6. The van der Waals surface area contributed by atoms with E-state index in [2.05, 4.69) is 10.4 Å². The van der Waals surface area contributed by atoms with E-state index < -0.39 is 22.1 Å². The summed E-state index contributed by atoms with van der Waals surface area (Å²) in [5.41, 5.74) is -0.207. The Morgan fingerprint density at radius 1 is 1.21 bits per heavy atom. The van der Waals surface area contributed by atoms with Gasteiger partial charge in [-0.15, -0.1) is 0 Å². The summed E-state index contributed by atoms with van der Waals surface area (Å²) in [5, 5.41) is 17.4. The van der Waals surface area contributed by atoms with Crippen LogP contribution in [0.25, 0.3) is 5.69 Å². The smallest absolute Gasteiger partial charge is 0.292 e. The van der Waals surface area contributed by atoms with Crippen molar-refractivity contribution in [3.63, 3.8) is 0 Å². The standard InChI is InChI=1S/C18H13ClF2N4O4/c19-17-15(22-7-8-29-16-6-1-11(20)9-14(16)21)10-23-24(18(17)26)12-2-4-13(5-3-12)25(27)28/h1-6,9-10,22H,7-8H2. The van der Waals surface area contributed by atoms with Crippen molar-refractivity contribution in [1.82, 2.24) is 9.78 Å². The number of ether oxygens (including phenoxy) is 1.